The van der Waals surface area contributed by atoms with Gasteiger partial charge in [-0.1, -0.05) is 19.9 Å². The van der Waals surface area contributed by atoms with Gasteiger partial charge in [0.2, 0.25) is 10.0 Å². The van der Waals surface area contributed by atoms with Gasteiger partial charge in [0.1, 0.15) is 0 Å². The van der Waals surface area contributed by atoms with Crippen molar-refractivity contribution < 1.29 is 8.42 Å². The minimum atomic E-state index is -3.01. The minimum absolute atomic E-state index is 0.0905. The molecule has 16 heavy (non-hydrogen) atoms. The van der Waals surface area contributed by atoms with Crippen molar-refractivity contribution in [3.8, 4) is 0 Å². The standard InChI is InChI=1S/C11H22N2O2S/c1-5-11(2,3)10-12-6-8-13(9-7-12)16(4,14)15/h5H,1,6-10H2,2-4H3. The van der Waals surface area contributed by atoms with Crippen LogP contribution in [0.1, 0.15) is 13.8 Å². The number of rotatable bonds is 4. The molecule has 0 aromatic rings. The molecule has 0 atom stereocenters. The molecule has 1 heterocycles. The van der Waals surface area contributed by atoms with Gasteiger partial charge in [-0.05, 0) is 5.41 Å². The Morgan fingerprint density at radius 3 is 2.12 bits per heavy atom. The lowest BCUT2D eigenvalue weighted by atomic mass is 9.93. The summed E-state index contributed by atoms with van der Waals surface area (Å²) in [6, 6.07) is 0. The van der Waals surface area contributed by atoms with Gasteiger partial charge in [0, 0.05) is 32.7 Å². The molecular weight excluding hydrogens is 224 g/mol. The zero-order chi connectivity index (χ0) is 12.4. The third kappa shape index (κ3) is 3.88. The highest BCUT2D eigenvalue weighted by molar-refractivity contribution is 7.88. The Labute approximate surface area is 99.0 Å². The Morgan fingerprint density at radius 2 is 1.75 bits per heavy atom. The molecule has 0 aromatic carbocycles. The van der Waals surface area contributed by atoms with E-state index in [9.17, 15) is 8.42 Å². The van der Waals surface area contributed by atoms with E-state index in [4.69, 9.17) is 0 Å². The van der Waals surface area contributed by atoms with Gasteiger partial charge in [0.15, 0.2) is 0 Å². The fraction of sp³-hybridized carbons (Fsp3) is 0.818. The van der Waals surface area contributed by atoms with Crippen LogP contribution in [0.15, 0.2) is 12.7 Å². The van der Waals surface area contributed by atoms with E-state index in [0.717, 1.165) is 19.6 Å². The molecule has 0 unspecified atom stereocenters. The Kier molecular flexibility index (Phi) is 4.15. The van der Waals surface area contributed by atoms with Gasteiger partial charge >= 0.3 is 0 Å². The Balaban J connectivity index is 2.47. The summed E-state index contributed by atoms with van der Waals surface area (Å²) in [5, 5.41) is 0. The summed E-state index contributed by atoms with van der Waals surface area (Å²) in [6.07, 6.45) is 3.23. The third-order valence-electron chi connectivity index (χ3n) is 2.98. The molecule has 4 nitrogen and oxygen atoms in total. The number of nitrogens with zero attached hydrogens (tertiary/aromatic N) is 2. The molecule has 1 saturated heterocycles. The molecule has 5 heteroatoms. The molecule has 1 aliphatic heterocycles. The largest absolute Gasteiger partial charge is 0.300 e. The zero-order valence-electron chi connectivity index (χ0n) is 10.4. The molecule has 1 rings (SSSR count). The van der Waals surface area contributed by atoms with Crippen molar-refractivity contribution in [1.82, 2.24) is 9.21 Å². The highest BCUT2D eigenvalue weighted by atomic mass is 32.2. The van der Waals surface area contributed by atoms with Crippen LogP contribution < -0.4 is 0 Å². The first kappa shape index (κ1) is 13.7. The SMILES string of the molecule is C=CC(C)(C)CN1CCN(S(C)(=O)=O)CC1. The lowest BCUT2D eigenvalue weighted by Crippen LogP contribution is -2.50. The lowest BCUT2D eigenvalue weighted by molar-refractivity contribution is 0.152. The van der Waals surface area contributed by atoms with Gasteiger partial charge in [-0.3, -0.25) is 4.90 Å². The van der Waals surface area contributed by atoms with Crippen molar-refractivity contribution >= 4 is 10.0 Å². The molecule has 0 bridgehead atoms. The van der Waals surface area contributed by atoms with Gasteiger partial charge in [0.05, 0.1) is 6.26 Å². The monoisotopic (exact) mass is 246 g/mol. The normalized spacial score (nSPS) is 20.9. The Bertz CT molecular complexity index is 341. The molecule has 0 radical (unpaired) electrons. The topological polar surface area (TPSA) is 40.6 Å². The van der Waals surface area contributed by atoms with E-state index < -0.39 is 10.0 Å². The smallest absolute Gasteiger partial charge is 0.211 e. The van der Waals surface area contributed by atoms with Crippen LogP contribution in [0.4, 0.5) is 0 Å². The van der Waals surface area contributed by atoms with Crippen LogP contribution in [0, 0.1) is 5.41 Å². The molecule has 0 amide bonds. The zero-order valence-corrected chi connectivity index (χ0v) is 11.3. The van der Waals surface area contributed by atoms with Crippen LogP contribution in [-0.2, 0) is 10.0 Å². The average Bonchev–Trinajstić information content (AvgIpc) is 2.16. The first-order chi connectivity index (χ1) is 7.24. The highest BCUT2D eigenvalue weighted by Crippen LogP contribution is 2.19. The predicted molar refractivity (Wildman–Crippen MR) is 66.8 cm³/mol. The van der Waals surface area contributed by atoms with Gasteiger partial charge in [-0.25, -0.2) is 8.42 Å². The van der Waals surface area contributed by atoms with Crippen LogP contribution in [-0.4, -0.2) is 56.6 Å². The minimum Gasteiger partial charge on any atom is -0.300 e. The second-order valence-electron chi connectivity index (χ2n) is 5.13. The fourth-order valence-corrected chi connectivity index (χ4v) is 2.69. The summed E-state index contributed by atoms with van der Waals surface area (Å²) in [5.74, 6) is 0. The van der Waals surface area contributed by atoms with Crippen molar-refractivity contribution in [2.75, 3.05) is 39.0 Å². The summed E-state index contributed by atoms with van der Waals surface area (Å²) in [6.45, 7) is 11.9. The van der Waals surface area contributed by atoms with E-state index in [1.165, 1.54) is 6.26 Å². The number of hydrogen-bond donors (Lipinski definition) is 0. The van der Waals surface area contributed by atoms with Crippen molar-refractivity contribution in [3.05, 3.63) is 12.7 Å². The van der Waals surface area contributed by atoms with Gasteiger partial charge < -0.3 is 0 Å². The third-order valence-corrected chi connectivity index (χ3v) is 4.29. The first-order valence-electron chi connectivity index (χ1n) is 5.56. The van der Waals surface area contributed by atoms with E-state index in [0.29, 0.717) is 13.1 Å². The van der Waals surface area contributed by atoms with Crippen LogP contribution >= 0.6 is 0 Å². The quantitative estimate of drug-likeness (QED) is 0.688. The number of sulfonamides is 1. The van der Waals surface area contributed by atoms with E-state index in [2.05, 4.69) is 25.3 Å². The van der Waals surface area contributed by atoms with E-state index >= 15 is 0 Å². The van der Waals surface area contributed by atoms with Crippen LogP contribution in [0.2, 0.25) is 0 Å². The molecule has 0 aromatic heterocycles. The summed E-state index contributed by atoms with van der Waals surface area (Å²) < 4.78 is 24.2. The van der Waals surface area contributed by atoms with Crippen molar-refractivity contribution in [2.24, 2.45) is 5.41 Å². The molecule has 0 spiro atoms. The summed E-state index contributed by atoms with van der Waals surface area (Å²) in [4.78, 5) is 2.30. The van der Waals surface area contributed by atoms with Gasteiger partial charge in [0.25, 0.3) is 0 Å². The lowest BCUT2D eigenvalue weighted by Gasteiger charge is -2.36. The molecule has 1 fully saturated rings. The second kappa shape index (κ2) is 4.85. The van der Waals surface area contributed by atoms with Gasteiger partial charge in [-0.15, -0.1) is 6.58 Å². The van der Waals surface area contributed by atoms with E-state index in [-0.39, 0.29) is 5.41 Å². The predicted octanol–water partition coefficient (Wildman–Crippen LogP) is 0.776. The number of piperazine rings is 1. The number of hydrogen-bond acceptors (Lipinski definition) is 3. The average molecular weight is 246 g/mol. The highest BCUT2D eigenvalue weighted by Gasteiger charge is 2.26. The summed E-state index contributed by atoms with van der Waals surface area (Å²) in [7, 11) is -3.01. The van der Waals surface area contributed by atoms with Gasteiger partial charge in [-0.2, -0.15) is 4.31 Å². The molecule has 0 saturated carbocycles. The molecule has 1 aliphatic rings. The maximum atomic E-state index is 11.3. The van der Waals surface area contributed by atoms with E-state index in [1.54, 1.807) is 4.31 Å². The van der Waals surface area contributed by atoms with E-state index in [1.807, 2.05) is 6.08 Å². The Morgan fingerprint density at radius 1 is 1.25 bits per heavy atom. The van der Waals surface area contributed by atoms with Crippen molar-refractivity contribution in [1.29, 1.82) is 0 Å². The van der Waals surface area contributed by atoms with Crippen LogP contribution in [0.25, 0.3) is 0 Å². The Hall–Kier alpha value is -0.390. The second-order valence-corrected chi connectivity index (χ2v) is 7.11. The van der Waals surface area contributed by atoms with Crippen LogP contribution in [0.5, 0.6) is 0 Å². The summed E-state index contributed by atoms with van der Waals surface area (Å²) in [5.41, 5.74) is 0.0905. The molecule has 0 N–H and O–H groups in total. The molecule has 0 aliphatic carbocycles. The molecular formula is C11H22N2O2S. The first-order valence-corrected chi connectivity index (χ1v) is 7.40. The maximum absolute atomic E-state index is 11.3. The van der Waals surface area contributed by atoms with Crippen molar-refractivity contribution in [2.45, 2.75) is 13.8 Å². The van der Waals surface area contributed by atoms with Crippen molar-refractivity contribution in [3.63, 3.8) is 0 Å². The molecule has 94 valence electrons. The maximum Gasteiger partial charge on any atom is 0.211 e. The fourth-order valence-electron chi connectivity index (χ4n) is 1.86. The van der Waals surface area contributed by atoms with Crippen LogP contribution in [0.3, 0.4) is 0 Å². The summed E-state index contributed by atoms with van der Waals surface area (Å²) >= 11 is 0.